The average Bonchev–Trinajstić information content (AvgIpc) is 3.22. The van der Waals surface area contributed by atoms with Crippen LogP contribution in [0.3, 0.4) is 0 Å². The Bertz CT molecular complexity index is 1430. The maximum Gasteiger partial charge on any atom is 0.336 e. The summed E-state index contributed by atoms with van der Waals surface area (Å²) in [5, 5.41) is 12.8. The molecule has 9 heteroatoms. The van der Waals surface area contributed by atoms with E-state index in [1.54, 1.807) is 42.5 Å². The molecule has 4 rings (SSSR count). The fraction of sp³-hybridized carbons (Fsp3) is 0.259. The molecular weight excluding hydrogens is 458 g/mol. The normalized spacial score (nSPS) is 11.1. The highest BCUT2D eigenvalue weighted by atomic mass is 16.5. The summed E-state index contributed by atoms with van der Waals surface area (Å²) in [5.41, 5.74) is 9.47. The number of hydrogen-bond acceptors (Lipinski definition) is 6. The second-order valence-corrected chi connectivity index (χ2v) is 9.03. The van der Waals surface area contributed by atoms with Gasteiger partial charge in [0.05, 0.1) is 23.7 Å². The number of nitrogen functional groups attached to an aromatic ring is 1. The Kier molecular flexibility index (Phi) is 7.19. The van der Waals surface area contributed by atoms with E-state index in [2.05, 4.69) is 34.1 Å². The SMILES string of the molecule is COc1ccc(-c2ccc(CCCC(C)C)cc2C(=O)O)c(C(=O)Nc2ccc3nc(N)[nH]c3c2)n1. The zero-order valence-corrected chi connectivity index (χ0v) is 20.5. The fourth-order valence-electron chi connectivity index (χ4n) is 4.12. The Morgan fingerprint density at radius 3 is 2.58 bits per heavy atom. The number of imidazole rings is 1. The highest BCUT2D eigenvalue weighted by Gasteiger charge is 2.21. The first kappa shape index (κ1) is 24.7. The number of amides is 1. The number of methoxy groups -OCH3 is 1. The summed E-state index contributed by atoms with van der Waals surface area (Å²) in [4.78, 5) is 37.0. The van der Waals surface area contributed by atoms with Gasteiger partial charge in [0.2, 0.25) is 5.88 Å². The molecule has 0 radical (unpaired) electrons. The van der Waals surface area contributed by atoms with E-state index < -0.39 is 11.9 Å². The molecule has 0 saturated heterocycles. The van der Waals surface area contributed by atoms with Crippen molar-refractivity contribution in [3.63, 3.8) is 0 Å². The lowest BCUT2D eigenvalue weighted by atomic mass is 9.94. The molecule has 0 spiro atoms. The van der Waals surface area contributed by atoms with Crippen LogP contribution >= 0.6 is 0 Å². The topological polar surface area (TPSA) is 143 Å². The van der Waals surface area contributed by atoms with Crippen molar-refractivity contribution in [2.75, 3.05) is 18.2 Å². The number of pyridine rings is 1. The summed E-state index contributed by atoms with van der Waals surface area (Å²) in [5.74, 6) is -0.476. The lowest BCUT2D eigenvalue weighted by Gasteiger charge is -2.14. The van der Waals surface area contributed by atoms with Gasteiger partial charge >= 0.3 is 5.97 Å². The van der Waals surface area contributed by atoms with Crippen LogP contribution in [0.25, 0.3) is 22.2 Å². The van der Waals surface area contributed by atoms with Crippen molar-refractivity contribution in [2.45, 2.75) is 33.1 Å². The lowest BCUT2D eigenvalue weighted by Crippen LogP contribution is -2.16. The van der Waals surface area contributed by atoms with Crippen LogP contribution in [0.5, 0.6) is 5.88 Å². The van der Waals surface area contributed by atoms with E-state index in [1.165, 1.54) is 7.11 Å². The summed E-state index contributed by atoms with van der Waals surface area (Å²) in [6, 6.07) is 13.7. The zero-order valence-electron chi connectivity index (χ0n) is 20.5. The highest BCUT2D eigenvalue weighted by molar-refractivity contribution is 6.09. The summed E-state index contributed by atoms with van der Waals surface area (Å²) in [7, 11) is 1.45. The van der Waals surface area contributed by atoms with Crippen LogP contribution < -0.4 is 15.8 Å². The number of aromatic carboxylic acids is 1. The van der Waals surface area contributed by atoms with Crippen molar-refractivity contribution in [2.24, 2.45) is 5.92 Å². The van der Waals surface area contributed by atoms with E-state index in [-0.39, 0.29) is 23.1 Å². The number of carbonyl (C=O) groups is 2. The number of aromatic nitrogens is 3. The maximum absolute atomic E-state index is 13.3. The maximum atomic E-state index is 13.3. The molecule has 1 amide bonds. The third-order valence-corrected chi connectivity index (χ3v) is 5.90. The predicted octanol–water partition coefficient (Wildman–Crippen LogP) is 5.14. The summed E-state index contributed by atoms with van der Waals surface area (Å²) in [6.45, 7) is 4.33. The Morgan fingerprint density at radius 1 is 1.08 bits per heavy atom. The van der Waals surface area contributed by atoms with Crippen molar-refractivity contribution in [1.82, 2.24) is 15.0 Å². The summed E-state index contributed by atoms with van der Waals surface area (Å²) < 4.78 is 5.23. The van der Waals surface area contributed by atoms with Gasteiger partial charge in [-0.2, -0.15) is 0 Å². The second-order valence-electron chi connectivity index (χ2n) is 9.03. The first-order chi connectivity index (χ1) is 17.2. The Morgan fingerprint density at radius 2 is 1.86 bits per heavy atom. The number of nitrogens with one attached hydrogen (secondary N) is 2. The molecule has 0 saturated carbocycles. The second kappa shape index (κ2) is 10.5. The molecular formula is C27H29N5O4. The number of carboxylic acids is 1. The van der Waals surface area contributed by atoms with Gasteiger partial charge in [0.1, 0.15) is 5.69 Å². The average molecular weight is 488 g/mol. The van der Waals surface area contributed by atoms with Gasteiger partial charge in [0, 0.05) is 17.3 Å². The Hall–Kier alpha value is -4.40. The zero-order chi connectivity index (χ0) is 25.8. The van der Waals surface area contributed by atoms with E-state index >= 15 is 0 Å². The van der Waals surface area contributed by atoms with Gasteiger partial charge in [0.15, 0.2) is 5.95 Å². The molecule has 0 atom stereocenters. The highest BCUT2D eigenvalue weighted by Crippen LogP contribution is 2.30. The van der Waals surface area contributed by atoms with Gasteiger partial charge in [-0.05, 0) is 60.2 Å². The third-order valence-electron chi connectivity index (χ3n) is 5.90. The number of fused-ring (bicyclic) bond motifs is 1. The molecule has 186 valence electrons. The number of carbonyl (C=O) groups excluding carboxylic acids is 1. The number of hydrogen-bond donors (Lipinski definition) is 4. The lowest BCUT2D eigenvalue weighted by molar-refractivity contribution is 0.0697. The van der Waals surface area contributed by atoms with Crippen molar-refractivity contribution >= 4 is 34.5 Å². The van der Waals surface area contributed by atoms with E-state index in [0.717, 1.165) is 24.8 Å². The Labute approximate surface area is 208 Å². The monoisotopic (exact) mass is 487 g/mol. The van der Waals surface area contributed by atoms with Gasteiger partial charge in [-0.15, -0.1) is 0 Å². The predicted molar refractivity (Wildman–Crippen MR) is 139 cm³/mol. The van der Waals surface area contributed by atoms with E-state index in [4.69, 9.17) is 10.5 Å². The molecule has 9 nitrogen and oxygen atoms in total. The van der Waals surface area contributed by atoms with Crippen LogP contribution in [0, 0.1) is 5.92 Å². The van der Waals surface area contributed by atoms with Crippen LogP contribution in [-0.2, 0) is 6.42 Å². The Balaban J connectivity index is 1.70. The fourth-order valence-corrected chi connectivity index (χ4v) is 4.12. The number of ether oxygens (including phenoxy) is 1. The van der Waals surface area contributed by atoms with E-state index in [0.29, 0.717) is 33.8 Å². The molecule has 2 aromatic carbocycles. The minimum atomic E-state index is -1.07. The number of rotatable bonds is 9. The van der Waals surface area contributed by atoms with Crippen molar-refractivity contribution in [3.8, 4) is 17.0 Å². The molecule has 2 heterocycles. The van der Waals surface area contributed by atoms with Crippen molar-refractivity contribution in [1.29, 1.82) is 0 Å². The van der Waals surface area contributed by atoms with Crippen LogP contribution in [0.2, 0.25) is 0 Å². The molecule has 4 aromatic rings. The molecule has 0 aliphatic carbocycles. The first-order valence-corrected chi connectivity index (χ1v) is 11.7. The minimum absolute atomic E-state index is 0.0497. The first-order valence-electron chi connectivity index (χ1n) is 11.7. The number of H-pyrrole nitrogens is 1. The molecule has 5 N–H and O–H groups in total. The number of aryl methyl sites for hydroxylation is 1. The van der Waals surface area contributed by atoms with Crippen molar-refractivity contribution < 1.29 is 19.4 Å². The van der Waals surface area contributed by atoms with Gasteiger partial charge in [-0.3, -0.25) is 4.79 Å². The van der Waals surface area contributed by atoms with E-state index in [9.17, 15) is 14.7 Å². The van der Waals surface area contributed by atoms with Gasteiger partial charge < -0.3 is 25.9 Å². The summed E-state index contributed by atoms with van der Waals surface area (Å²) in [6.07, 6.45) is 2.82. The molecule has 0 aliphatic heterocycles. The van der Waals surface area contributed by atoms with E-state index in [1.807, 2.05) is 6.07 Å². The molecule has 0 unspecified atom stereocenters. The number of benzene rings is 2. The van der Waals surface area contributed by atoms with Crippen molar-refractivity contribution in [3.05, 3.63) is 65.4 Å². The molecule has 0 bridgehead atoms. The number of aromatic amines is 1. The molecule has 0 fully saturated rings. The summed E-state index contributed by atoms with van der Waals surface area (Å²) >= 11 is 0. The number of nitrogens with two attached hydrogens (primary N) is 1. The third kappa shape index (κ3) is 5.46. The van der Waals surface area contributed by atoms with Gasteiger partial charge in [-0.25, -0.2) is 14.8 Å². The smallest absolute Gasteiger partial charge is 0.336 e. The van der Waals surface area contributed by atoms with Crippen LogP contribution in [0.1, 0.15) is 53.1 Å². The standard InChI is InChI=1S/C27H29N5O4/c1-15(2)5-4-6-16-7-9-18(20(13-16)26(34)35)19-10-12-23(36-3)32-24(19)25(33)29-17-8-11-21-22(14-17)31-27(28)30-21/h7-15H,4-6H2,1-3H3,(H,29,33)(H,34,35)(H3,28,30,31). The van der Waals surface area contributed by atoms with Gasteiger partial charge in [-0.1, -0.05) is 32.4 Å². The van der Waals surface area contributed by atoms with Crippen LogP contribution in [-0.4, -0.2) is 39.0 Å². The molecule has 2 aromatic heterocycles. The number of carboxylic acid groups (broad SMARTS) is 1. The van der Waals surface area contributed by atoms with Crippen LogP contribution in [0.4, 0.5) is 11.6 Å². The number of nitrogens with zero attached hydrogens (tertiary/aromatic N) is 2. The largest absolute Gasteiger partial charge is 0.481 e. The minimum Gasteiger partial charge on any atom is -0.481 e. The quantitative estimate of drug-likeness (QED) is 0.256. The van der Waals surface area contributed by atoms with Crippen LogP contribution in [0.15, 0.2) is 48.5 Å². The molecule has 36 heavy (non-hydrogen) atoms. The number of anilines is 2. The van der Waals surface area contributed by atoms with Gasteiger partial charge in [0.25, 0.3) is 5.91 Å². The molecule has 0 aliphatic rings.